The van der Waals surface area contributed by atoms with Crippen LogP contribution < -0.4 is 5.32 Å². The number of nitrogens with zero attached hydrogens (tertiary/aromatic N) is 2. The molecule has 0 bridgehead atoms. The van der Waals surface area contributed by atoms with Crippen molar-refractivity contribution in [1.29, 1.82) is 0 Å². The smallest absolute Gasteiger partial charge is 0.290 e. The van der Waals surface area contributed by atoms with Gasteiger partial charge in [0.2, 0.25) is 0 Å². The van der Waals surface area contributed by atoms with E-state index in [1.165, 1.54) is 6.07 Å². The molecule has 1 aromatic heterocycles. The van der Waals surface area contributed by atoms with E-state index in [2.05, 4.69) is 26.2 Å². The van der Waals surface area contributed by atoms with Crippen LogP contribution in [0.4, 0.5) is 11.5 Å². The van der Waals surface area contributed by atoms with Crippen LogP contribution in [-0.4, -0.2) is 15.8 Å². The highest BCUT2D eigenvalue weighted by Crippen LogP contribution is 2.21. The summed E-state index contributed by atoms with van der Waals surface area (Å²) < 4.78 is 0.663. The molecule has 0 spiro atoms. The van der Waals surface area contributed by atoms with Gasteiger partial charge in [-0.15, -0.1) is 0 Å². The number of aromatic nitrogens is 1. The van der Waals surface area contributed by atoms with Crippen LogP contribution in [0.1, 0.15) is 15.9 Å². The molecule has 0 aliphatic rings. The van der Waals surface area contributed by atoms with Crippen LogP contribution in [0.3, 0.4) is 0 Å². The van der Waals surface area contributed by atoms with Gasteiger partial charge in [0.25, 0.3) is 11.6 Å². The second-order valence-electron chi connectivity index (χ2n) is 4.05. The molecule has 0 aliphatic carbocycles. The first-order chi connectivity index (χ1) is 9.49. The summed E-state index contributed by atoms with van der Waals surface area (Å²) in [7, 11) is 0. The maximum absolute atomic E-state index is 12.1. The Morgan fingerprint density at radius 1 is 1.40 bits per heavy atom. The summed E-state index contributed by atoms with van der Waals surface area (Å²) in [5.74, 6) is -0.0629. The van der Waals surface area contributed by atoms with Gasteiger partial charge in [0.05, 0.1) is 10.5 Å². The summed E-state index contributed by atoms with van der Waals surface area (Å²) in [6.07, 6.45) is 1.13. The summed E-state index contributed by atoms with van der Waals surface area (Å²) >= 11 is 3.28. The predicted octanol–water partition coefficient (Wildman–Crippen LogP) is 3.31. The van der Waals surface area contributed by atoms with E-state index in [0.717, 1.165) is 6.20 Å². The normalized spacial score (nSPS) is 10.1. The molecule has 6 nitrogen and oxygen atoms in total. The van der Waals surface area contributed by atoms with Gasteiger partial charge in [-0.05, 0) is 41.1 Å². The molecule has 7 heteroatoms. The van der Waals surface area contributed by atoms with E-state index in [1.807, 2.05) is 0 Å². The highest BCUT2D eigenvalue weighted by atomic mass is 79.9. The Kier molecular flexibility index (Phi) is 4.09. The molecule has 0 radical (unpaired) electrons. The van der Waals surface area contributed by atoms with Crippen molar-refractivity contribution >= 4 is 33.3 Å². The molecule has 0 aliphatic heterocycles. The number of benzene rings is 1. The molecule has 1 aromatic carbocycles. The Morgan fingerprint density at radius 2 is 2.10 bits per heavy atom. The number of hydrogen-bond donors (Lipinski definition) is 1. The average molecular weight is 336 g/mol. The molecule has 2 rings (SSSR count). The summed E-state index contributed by atoms with van der Waals surface area (Å²) in [4.78, 5) is 26.1. The molecule has 1 amide bonds. The fourth-order valence-electron chi connectivity index (χ4n) is 1.64. The van der Waals surface area contributed by atoms with Crippen LogP contribution in [0.2, 0.25) is 0 Å². The first-order valence-corrected chi connectivity index (χ1v) is 6.45. The van der Waals surface area contributed by atoms with Gasteiger partial charge >= 0.3 is 0 Å². The molecule has 102 valence electrons. The quantitative estimate of drug-likeness (QED) is 0.688. The summed E-state index contributed by atoms with van der Waals surface area (Å²) in [6, 6.07) is 8.43. The second-order valence-corrected chi connectivity index (χ2v) is 4.90. The number of carbonyl (C=O) groups is 1. The minimum absolute atomic E-state index is 0.0797. The third-order valence-corrected chi connectivity index (χ3v) is 3.33. The fourth-order valence-corrected chi connectivity index (χ4v) is 2.10. The number of anilines is 1. The van der Waals surface area contributed by atoms with Crippen LogP contribution in [0, 0.1) is 17.0 Å². The van der Waals surface area contributed by atoms with Crippen molar-refractivity contribution in [3.8, 4) is 0 Å². The zero-order chi connectivity index (χ0) is 14.7. The molecule has 2 aromatic rings. The van der Waals surface area contributed by atoms with Gasteiger partial charge in [-0.2, -0.15) is 0 Å². The number of rotatable bonds is 3. The van der Waals surface area contributed by atoms with Crippen LogP contribution in [0.15, 0.2) is 41.0 Å². The third kappa shape index (κ3) is 3.00. The van der Waals surface area contributed by atoms with E-state index in [9.17, 15) is 14.9 Å². The van der Waals surface area contributed by atoms with Crippen LogP contribution in [0.5, 0.6) is 0 Å². The monoisotopic (exact) mass is 335 g/mol. The molecule has 20 heavy (non-hydrogen) atoms. The van der Waals surface area contributed by atoms with Gasteiger partial charge in [0.15, 0.2) is 0 Å². The third-order valence-electron chi connectivity index (χ3n) is 2.64. The Balaban J connectivity index is 2.23. The lowest BCUT2D eigenvalue weighted by Crippen LogP contribution is -2.13. The van der Waals surface area contributed by atoms with Gasteiger partial charge in [-0.1, -0.05) is 12.1 Å². The Hall–Kier alpha value is -2.28. The standard InChI is InChI=1S/C13H10BrN3O3/c1-8-6-12(15-7-11(8)17(19)20)16-13(18)9-4-2-3-5-10(9)14/h2-7H,1H3,(H,15,16,18). The van der Waals surface area contributed by atoms with Crippen molar-refractivity contribution in [3.05, 3.63) is 62.2 Å². The lowest BCUT2D eigenvalue weighted by Gasteiger charge is -2.06. The van der Waals surface area contributed by atoms with E-state index in [4.69, 9.17) is 0 Å². The van der Waals surface area contributed by atoms with Crippen LogP contribution in [-0.2, 0) is 0 Å². The first-order valence-electron chi connectivity index (χ1n) is 5.66. The minimum Gasteiger partial charge on any atom is -0.307 e. The highest BCUT2D eigenvalue weighted by Gasteiger charge is 2.14. The zero-order valence-corrected chi connectivity index (χ0v) is 12.0. The van der Waals surface area contributed by atoms with Gasteiger partial charge in [0.1, 0.15) is 12.0 Å². The Bertz CT molecular complexity index is 688. The van der Waals surface area contributed by atoms with Gasteiger partial charge in [-0.25, -0.2) is 4.98 Å². The SMILES string of the molecule is Cc1cc(NC(=O)c2ccccc2Br)ncc1[N+](=O)[O-]. The van der Waals surface area contributed by atoms with Crippen LogP contribution in [0.25, 0.3) is 0 Å². The molecule has 1 N–H and O–H groups in total. The van der Waals surface area contributed by atoms with Crippen molar-refractivity contribution in [1.82, 2.24) is 4.98 Å². The van der Waals surface area contributed by atoms with Crippen molar-refractivity contribution in [2.24, 2.45) is 0 Å². The maximum Gasteiger partial charge on any atom is 0.290 e. The molecule has 0 fully saturated rings. The fraction of sp³-hybridized carbons (Fsp3) is 0.0769. The number of carbonyl (C=O) groups excluding carboxylic acids is 1. The summed E-state index contributed by atoms with van der Waals surface area (Å²) in [6.45, 7) is 1.59. The zero-order valence-electron chi connectivity index (χ0n) is 10.5. The predicted molar refractivity (Wildman–Crippen MR) is 77.7 cm³/mol. The van der Waals surface area contributed by atoms with Crippen molar-refractivity contribution < 1.29 is 9.72 Å². The number of halogens is 1. The summed E-state index contributed by atoms with van der Waals surface area (Å²) in [5.41, 5.74) is 0.821. The van der Waals surface area contributed by atoms with Gasteiger partial charge in [0, 0.05) is 10.0 Å². The molecule has 0 saturated carbocycles. The van der Waals surface area contributed by atoms with Crippen molar-refractivity contribution in [2.45, 2.75) is 6.92 Å². The largest absolute Gasteiger partial charge is 0.307 e. The molecule has 1 heterocycles. The number of pyridine rings is 1. The highest BCUT2D eigenvalue weighted by molar-refractivity contribution is 9.10. The molecule has 0 atom stereocenters. The lowest BCUT2D eigenvalue weighted by molar-refractivity contribution is -0.385. The van der Waals surface area contributed by atoms with E-state index >= 15 is 0 Å². The average Bonchev–Trinajstić information content (AvgIpc) is 2.38. The topological polar surface area (TPSA) is 85.1 Å². The van der Waals surface area contributed by atoms with E-state index < -0.39 is 4.92 Å². The number of hydrogen-bond acceptors (Lipinski definition) is 4. The van der Waals surface area contributed by atoms with E-state index in [-0.39, 0.29) is 17.4 Å². The number of amides is 1. The molecular formula is C13H10BrN3O3. The lowest BCUT2D eigenvalue weighted by atomic mass is 10.2. The molecular weight excluding hydrogens is 326 g/mol. The summed E-state index contributed by atoms with van der Waals surface area (Å²) in [5, 5.41) is 13.3. The van der Waals surface area contributed by atoms with E-state index in [1.54, 1.807) is 31.2 Å². The minimum atomic E-state index is -0.512. The van der Waals surface area contributed by atoms with Gasteiger partial charge < -0.3 is 5.32 Å². The Morgan fingerprint density at radius 3 is 2.70 bits per heavy atom. The first kappa shape index (κ1) is 14.1. The van der Waals surface area contributed by atoms with Gasteiger partial charge in [-0.3, -0.25) is 14.9 Å². The van der Waals surface area contributed by atoms with E-state index in [0.29, 0.717) is 15.6 Å². The second kappa shape index (κ2) is 5.79. The number of nitrogens with one attached hydrogen (secondary N) is 1. The maximum atomic E-state index is 12.1. The Labute approximate surface area is 123 Å². The van der Waals surface area contributed by atoms with Crippen molar-refractivity contribution in [3.63, 3.8) is 0 Å². The van der Waals surface area contributed by atoms with Crippen molar-refractivity contribution in [2.75, 3.05) is 5.32 Å². The van der Waals surface area contributed by atoms with Crippen LogP contribution >= 0.6 is 15.9 Å². The molecule has 0 unspecified atom stereocenters. The number of nitro groups is 1. The molecule has 0 saturated heterocycles. The number of aryl methyl sites for hydroxylation is 1.